The predicted octanol–water partition coefficient (Wildman–Crippen LogP) is 1.96. The van der Waals surface area contributed by atoms with Gasteiger partial charge >= 0.3 is 0 Å². The molecular formula is C18H29N3O3S. The summed E-state index contributed by atoms with van der Waals surface area (Å²) in [5.41, 5.74) is 0. The highest BCUT2D eigenvalue weighted by atomic mass is 32.1. The number of thiophene rings is 1. The summed E-state index contributed by atoms with van der Waals surface area (Å²) < 4.78 is 4.94. The van der Waals surface area contributed by atoms with E-state index in [1.165, 1.54) is 40.4 Å². The predicted molar refractivity (Wildman–Crippen MR) is 99.9 cm³/mol. The van der Waals surface area contributed by atoms with Gasteiger partial charge in [0, 0.05) is 38.7 Å². The summed E-state index contributed by atoms with van der Waals surface area (Å²) in [6.07, 6.45) is 4.62. The second kappa shape index (κ2) is 10.5. The van der Waals surface area contributed by atoms with Crippen molar-refractivity contribution in [2.24, 2.45) is 0 Å². The van der Waals surface area contributed by atoms with Crippen LogP contribution in [-0.4, -0.2) is 68.6 Å². The van der Waals surface area contributed by atoms with Gasteiger partial charge in [0.1, 0.15) is 0 Å². The zero-order valence-electron chi connectivity index (χ0n) is 15.3. The number of rotatable bonds is 9. The van der Waals surface area contributed by atoms with Crippen LogP contribution in [0, 0.1) is 0 Å². The molecule has 0 bridgehead atoms. The molecule has 1 aromatic heterocycles. The summed E-state index contributed by atoms with van der Waals surface area (Å²) in [7, 11) is 3.30. The topological polar surface area (TPSA) is 61.9 Å². The van der Waals surface area contributed by atoms with Crippen molar-refractivity contribution < 1.29 is 14.3 Å². The minimum absolute atomic E-state index is 0.0746. The van der Waals surface area contributed by atoms with Crippen molar-refractivity contribution in [2.45, 2.75) is 32.2 Å². The Morgan fingerprint density at radius 2 is 2.04 bits per heavy atom. The first-order valence-electron chi connectivity index (χ1n) is 8.92. The van der Waals surface area contributed by atoms with Crippen molar-refractivity contribution in [1.82, 2.24) is 15.1 Å². The number of likely N-dealkylation sites (N-methyl/N-ethyl adjacent to an activating group) is 1. The van der Waals surface area contributed by atoms with Crippen LogP contribution >= 0.6 is 11.3 Å². The van der Waals surface area contributed by atoms with Crippen molar-refractivity contribution in [3.05, 3.63) is 21.9 Å². The van der Waals surface area contributed by atoms with Gasteiger partial charge in [0.25, 0.3) is 5.91 Å². The van der Waals surface area contributed by atoms with Crippen LogP contribution in [0.1, 0.15) is 40.2 Å². The fourth-order valence-electron chi connectivity index (χ4n) is 2.89. The summed E-state index contributed by atoms with van der Waals surface area (Å²) in [5.74, 6) is -0.237. The van der Waals surface area contributed by atoms with Crippen LogP contribution in [0.5, 0.6) is 0 Å². The van der Waals surface area contributed by atoms with Gasteiger partial charge in [-0.05, 0) is 44.5 Å². The smallest absolute Gasteiger partial charge is 0.264 e. The van der Waals surface area contributed by atoms with Crippen LogP contribution in [-0.2, 0) is 16.1 Å². The molecule has 0 aliphatic carbocycles. The number of ether oxygens (including phenoxy) is 1. The molecule has 7 heteroatoms. The molecule has 0 unspecified atom stereocenters. The number of piperidine rings is 1. The summed E-state index contributed by atoms with van der Waals surface area (Å²) in [6, 6.07) is 3.91. The number of hydrogen-bond acceptors (Lipinski definition) is 5. The molecule has 0 atom stereocenters. The highest BCUT2D eigenvalue weighted by Gasteiger charge is 2.18. The van der Waals surface area contributed by atoms with E-state index < -0.39 is 0 Å². The van der Waals surface area contributed by atoms with E-state index in [0.29, 0.717) is 18.0 Å². The lowest BCUT2D eigenvalue weighted by Gasteiger charge is -2.25. The molecule has 2 rings (SSSR count). The molecule has 0 aromatic carbocycles. The van der Waals surface area contributed by atoms with Gasteiger partial charge in [-0.2, -0.15) is 0 Å². The maximum Gasteiger partial charge on any atom is 0.264 e. The van der Waals surface area contributed by atoms with Crippen LogP contribution in [0.4, 0.5) is 0 Å². The van der Waals surface area contributed by atoms with Gasteiger partial charge in [0.05, 0.1) is 11.4 Å². The zero-order chi connectivity index (χ0) is 18.1. The monoisotopic (exact) mass is 367 g/mol. The van der Waals surface area contributed by atoms with E-state index in [0.717, 1.165) is 26.1 Å². The van der Waals surface area contributed by atoms with Crippen molar-refractivity contribution in [1.29, 1.82) is 0 Å². The van der Waals surface area contributed by atoms with Crippen LogP contribution < -0.4 is 5.32 Å². The Morgan fingerprint density at radius 3 is 2.76 bits per heavy atom. The van der Waals surface area contributed by atoms with Crippen molar-refractivity contribution >= 4 is 23.2 Å². The van der Waals surface area contributed by atoms with E-state index in [1.54, 1.807) is 14.2 Å². The van der Waals surface area contributed by atoms with Crippen molar-refractivity contribution in [2.75, 3.05) is 46.9 Å². The van der Waals surface area contributed by atoms with E-state index in [4.69, 9.17) is 4.74 Å². The minimum Gasteiger partial charge on any atom is -0.385 e. The van der Waals surface area contributed by atoms with E-state index in [-0.39, 0.29) is 18.4 Å². The number of hydrogen-bond donors (Lipinski definition) is 1. The van der Waals surface area contributed by atoms with Gasteiger partial charge in [-0.1, -0.05) is 6.42 Å². The van der Waals surface area contributed by atoms with Crippen molar-refractivity contribution in [3.8, 4) is 0 Å². The number of carbonyl (C=O) groups is 2. The Morgan fingerprint density at radius 1 is 1.28 bits per heavy atom. The Bertz CT molecular complexity index is 556. The van der Waals surface area contributed by atoms with Gasteiger partial charge in [-0.25, -0.2) is 0 Å². The minimum atomic E-state index is -0.142. The summed E-state index contributed by atoms with van der Waals surface area (Å²) in [5, 5.41) is 2.80. The highest BCUT2D eigenvalue weighted by Crippen LogP contribution is 2.21. The quantitative estimate of drug-likeness (QED) is 0.678. The average Bonchev–Trinajstić information content (AvgIpc) is 3.07. The molecule has 2 heterocycles. The number of methoxy groups -OCH3 is 1. The third-order valence-corrected chi connectivity index (χ3v) is 5.33. The molecule has 1 aliphatic heterocycles. The Hall–Kier alpha value is -1.44. The molecule has 0 spiro atoms. The standard InChI is InChI=1S/C18H29N3O3S/c1-20(14-17(22)19-9-6-12-24-2)18(23)16-8-7-15(25-16)13-21-10-4-3-5-11-21/h7-8H,3-6,9-14H2,1-2H3,(H,19,22). The molecule has 1 fully saturated rings. The lowest BCUT2D eigenvalue weighted by molar-refractivity contribution is -0.121. The van der Waals surface area contributed by atoms with Gasteiger partial charge in [0.15, 0.2) is 0 Å². The summed E-state index contributed by atoms with van der Waals surface area (Å²) >= 11 is 1.53. The summed E-state index contributed by atoms with van der Waals surface area (Å²) in [6.45, 7) is 4.46. The van der Waals surface area contributed by atoms with Crippen molar-refractivity contribution in [3.63, 3.8) is 0 Å². The normalized spacial score (nSPS) is 15.1. The molecular weight excluding hydrogens is 338 g/mol. The Kier molecular flexibility index (Phi) is 8.37. The van der Waals surface area contributed by atoms with E-state index in [9.17, 15) is 9.59 Å². The van der Waals surface area contributed by atoms with E-state index >= 15 is 0 Å². The van der Waals surface area contributed by atoms with Crippen LogP contribution in [0.2, 0.25) is 0 Å². The summed E-state index contributed by atoms with van der Waals surface area (Å²) in [4.78, 5) is 30.2. The van der Waals surface area contributed by atoms with Gasteiger partial charge in [-0.15, -0.1) is 11.3 Å². The second-order valence-corrected chi connectivity index (χ2v) is 7.63. The highest BCUT2D eigenvalue weighted by molar-refractivity contribution is 7.14. The molecule has 6 nitrogen and oxygen atoms in total. The molecule has 1 aromatic rings. The fraction of sp³-hybridized carbons (Fsp3) is 0.667. The fourth-order valence-corrected chi connectivity index (χ4v) is 3.94. The lowest BCUT2D eigenvalue weighted by atomic mass is 10.1. The average molecular weight is 368 g/mol. The number of likely N-dealkylation sites (tertiary alicyclic amines) is 1. The molecule has 0 saturated carbocycles. The van der Waals surface area contributed by atoms with E-state index in [2.05, 4.69) is 10.2 Å². The van der Waals surface area contributed by atoms with Gasteiger partial charge < -0.3 is 15.0 Å². The molecule has 1 saturated heterocycles. The third-order valence-electron chi connectivity index (χ3n) is 4.28. The van der Waals surface area contributed by atoms with E-state index in [1.807, 2.05) is 12.1 Å². The first-order chi connectivity index (χ1) is 12.1. The second-order valence-electron chi connectivity index (χ2n) is 6.46. The van der Waals surface area contributed by atoms with Crippen LogP contribution in [0.25, 0.3) is 0 Å². The lowest BCUT2D eigenvalue weighted by Crippen LogP contribution is -2.38. The number of nitrogens with zero attached hydrogens (tertiary/aromatic N) is 2. The number of amides is 2. The molecule has 2 amide bonds. The first kappa shape index (κ1) is 19.9. The molecule has 140 valence electrons. The number of nitrogens with one attached hydrogen (secondary N) is 1. The molecule has 1 aliphatic rings. The SMILES string of the molecule is COCCCNC(=O)CN(C)C(=O)c1ccc(CN2CCCCC2)s1. The molecule has 1 N–H and O–H groups in total. The third kappa shape index (κ3) is 6.76. The molecule has 25 heavy (non-hydrogen) atoms. The maximum absolute atomic E-state index is 12.5. The van der Waals surface area contributed by atoms with Gasteiger partial charge in [-0.3, -0.25) is 14.5 Å². The number of carbonyl (C=O) groups excluding carboxylic acids is 2. The van der Waals surface area contributed by atoms with Crippen LogP contribution in [0.15, 0.2) is 12.1 Å². The first-order valence-corrected chi connectivity index (χ1v) is 9.74. The van der Waals surface area contributed by atoms with Gasteiger partial charge in [0.2, 0.25) is 5.91 Å². The largest absolute Gasteiger partial charge is 0.385 e. The molecule has 0 radical (unpaired) electrons. The zero-order valence-corrected chi connectivity index (χ0v) is 16.1. The Labute approximate surface area is 154 Å². The Balaban J connectivity index is 1.78. The maximum atomic E-state index is 12.5. The van der Waals surface area contributed by atoms with Crippen LogP contribution in [0.3, 0.4) is 0 Å².